The molecule has 1 N–H and O–H groups in total. The first-order valence-corrected chi connectivity index (χ1v) is 9.17. The molecule has 2 amide bonds. The molecule has 0 unspecified atom stereocenters. The minimum atomic E-state index is -0.535. The van der Waals surface area contributed by atoms with Crippen LogP contribution in [0.5, 0.6) is 11.5 Å². The van der Waals surface area contributed by atoms with Gasteiger partial charge in [-0.15, -0.1) is 0 Å². The summed E-state index contributed by atoms with van der Waals surface area (Å²) in [6.45, 7) is 1.70. The maximum absolute atomic E-state index is 12.6. The summed E-state index contributed by atoms with van der Waals surface area (Å²) < 4.78 is 5.47. The summed E-state index contributed by atoms with van der Waals surface area (Å²) in [5.41, 5.74) is 0.134. The van der Waals surface area contributed by atoms with Crippen LogP contribution in [0.1, 0.15) is 16.8 Å². The van der Waals surface area contributed by atoms with Gasteiger partial charge in [0, 0.05) is 49.9 Å². The zero-order valence-electron chi connectivity index (χ0n) is 15.7. The number of aromatic hydroxyl groups is 1. The number of hydrogen-bond acceptors (Lipinski definition) is 6. The quantitative estimate of drug-likeness (QED) is 0.588. The minimum Gasteiger partial charge on any atom is -0.508 e. The molecule has 0 atom stereocenters. The van der Waals surface area contributed by atoms with E-state index >= 15 is 0 Å². The SMILES string of the molecule is O=C(CCOc1cccc(O)c1)N1CCN(C(=O)c2cccc([N+](=O)[O-])c2)CC1. The summed E-state index contributed by atoms with van der Waals surface area (Å²) >= 11 is 0. The summed E-state index contributed by atoms with van der Waals surface area (Å²) in [5, 5.41) is 20.3. The van der Waals surface area contributed by atoms with Crippen LogP contribution >= 0.6 is 0 Å². The van der Waals surface area contributed by atoms with E-state index in [2.05, 4.69) is 0 Å². The fourth-order valence-corrected chi connectivity index (χ4v) is 3.08. The number of piperazine rings is 1. The van der Waals surface area contributed by atoms with Gasteiger partial charge in [0.15, 0.2) is 0 Å². The van der Waals surface area contributed by atoms with E-state index < -0.39 is 4.92 Å². The second-order valence-electron chi connectivity index (χ2n) is 6.58. The molecule has 9 heteroatoms. The van der Waals surface area contributed by atoms with Crippen molar-refractivity contribution in [1.29, 1.82) is 0 Å². The molecule has 2 aromatic carbocycles. The zero-order chi connectivity index (χ0) is 20.8. The molecule has 1 aliphatic rings. The van der Waals surface area contributed by atoms with Crippen LogP contribution in [0.4, 0.5) is 5.69 Å². The second-order valence-corrected chi connectivity index (χ2v) is 6.58. The van der Waals surface area contributed by atoms with Crippen molar-refractivity contribution in [2.24, 2.45) is 0 Å². The number of rotatable bonds is 6. The molecule has 0 saturated carbocycles. The van der Waals surface area contributed by atoms with Gasteiger partial charge in [-0.1, -0.05) is 12.1 Å². The molecule has 9 nitrogen and oxygen atoms in total. The molecule has 1 heterocycles. The summed E-state index contributed by atoms with van der Waals surface area (Å²) in [7, 11) is 0. The molecule has 0 spiro atoms. The molecule has 0 aromatic heterocycles. The Morgan fingerprint density at radius 3 is 2.41 bits per heavy atom. The van der Waals surface area contributed by atoms with E-state index in [0.29, 0.717) is 31.9 Å². The van der Waals surface area contributed by atoms with Crippen molar-refractivity contribution in [3.8, 4) is 11.5 Å². The minimum absolute atomic E-state index is 0.0763. The van der Waals surface area contributed by atoms with Gasteiger partial charge in [0.25, 0.3) is 11.6 Å². The Morgan fingerprint density at radius 2 is 1.72 bits per heavy atom. The Hall–Kier alpha value is -3.62. The van der Waals surface area contributed by atoms with Gasteiger partial charge in [-0.05, 0) is 18.2 Å². The number of hydrogen-bond donors (Lipinski definition) is 1. The summed E-state index contributed by atoms with van der Waals surface area (Å²) in [5.74, 6) is 0.226. The van der Waals surface area contributed by atoms with Crippen molar-refractivity contribution < 1.29 is 24.4 Å². The molecule has 1 aliphatic heterocycles. The number of nitrogens with zero attached hydrogens (tertiary/aromatic N) is 3. The third-order valence-electron chi connectivity index (χ3n) is 4.63. The number of phenols is 1. The van der Waals surface area contributed by atoms with Crippen molar-refractivity contribution in [2.75, 3.05) is 32.8 Å². The number of ether oxygens (including phenoxy) is 1. The van der Waals surface area contributed by atoms with Crippen molar-refractivity contribution in [3.05, 3.63) is 64.2 Å². The first-order chi connectivity index (χ1) is 13.9. The average molecular weight is 399 g/mol. The van der Waals surface area contributed by atoms with Gasteiger partial charge in [-0.25, -0.2) is 0 Å². The third kappa shape index (κ3) is 5.22. The summed E-state index contributed by atoms with van der Waals surface area (Å²) in [6, 6.07) is 12.0. The van der Waals surface area contributed by atoms with Crippen LogP contribution in [0.3, 0.4) is 0 Å². The number of amides is 2. The lowest BCUT2D eigenvalue weighted by Gasteiger charge is -2.34. The summed E-state index contributed by atoms with van der Waals surface area (Å²) in [6.07, 6.45) is 0.189. The Kier molecular flexibility index (Phi) is 6.28. The number of nitro groups is 1. The largest absolute Gasteiger partial charge is 0.508 e. The average Bonchev–Trinajstić information content (AvgIpc) is 2.73. The Morgan fingerprint density at radius 1 is 1.03 bits per heavy atom. The third-order valence-corrected chi connectivity index (χ3v) is 4.63. The van der Waals surface area contributed by atoms with Gasteiger partial charge >= 0.3 is 0 Å². The lowest BCUT2D eigenvalue weighted by molar-refractivity contribution is -0.384. The highest BCUT2D eigenvalue weighted by Gasteiger charge is 2.25. The van der Waals surface area contributed by atoms with E-state index in [9.17, 15) is 24.8 Å². The van der Waals surface area contributed by atoms with Gasteiger partial charge in [0.1, 0.15) is 11.5 Å². The first kappa shape index (κ1) is 20.1. The first-order valence-electron chi connectivity index (χ1n) is 9.17. The molecule has 2 aromatic rings. The molecule has 29 heavy (non-hydrogen) atoms. The zero-order valence-corrected chi connectivity index (χ0v) is 15.7. The van der Waals surface area contributed by atoms with Crippen LogP contribution in [-0.4, -0.2) is 64.4 Å². The lowest BCUT2D eigenvalue weighted by atomic mass is 10.1. The number of carbonyl (C=O) groups is 2. The van der Waals surface area contributed by atoms with Crippen molar-refractivity contribution in [2.45, 2.75) is 6.42 Å². The number of benzene rings is 2. The van der Waals surface area contributed by atoms with Crippen LogP contribution in [0.25, 0.3) is 0 Å². The van der Waals surface area contributed by atoms with E-state index in [1.54, 1.807) is 28.0 Å². The molecule has 1 fully saturated rings. The Bertz CT molecular complexity index is 909. The van der Waals surface area contributed by atoms with Crippen LogP contribution in [0.15, 0.2) is 48.5 Å². The van der Waals surface area contributed by atoms with Crippen LogP contribution < -0.4 is 4.74 Å². The van der Waals surface area contributed by atoms with E-state index in [1.807, 2.05) is 0 Å². The standard InChI is InChI=1S/C20H21N3O6/c24-17-5-2-6-18(14-17)29-12-7-19(25)21-8-10-22(11-9-21)20(26)15-3-1-4-16(13-15)23(27)28/h1-6,13-14,24H,7-12H2. The van der Waals surface area contributed by atoms with Gasteiger partial charge in [-0.2, -0.15) is 0 Å². The molecule has 3 rings (SSSR count). The number of phenolic OH excluding ortho intramolecular Hbond substituents is 1. The number of non-ortho nitro benzene ring substituents is 1. The predicted octanol–water partition coefficient (Wildman–Crippen LogP) is 2.05. The smallest absolute Gasteiger partial charge is 0.270 e. The van der Waals surface area contributed by atoms with Crippen molar-refractivity contribution in [1.82, 2.24) is 9.80 Å². The van der Waals surface area contributed by atoms with Crippen LogP contribution in [-0.2, 0) is 4.79 Å². The Labute approximate surface area is 167 Å². The van der Waals surface area contributed by atoms with Gasteiger partial charge in [0.2, 0.25) is 5.91 Å². The van der Waals surface area contributed by atoms with Crippen LogP contribution in [0.2, 0.25) is 0 Å². The van der Waals surface area contributed by atoms with E-state index in [4.69, 9.17) is 4.74 Å². The van der Waals surface area contributed by atoms with E-state index in [-0.39, 0.29) is 41.8 Å². The fraction of sp³-hybridized carbons (Fsp3) is 0.300. The molecule has 0 aliphatic carbocycles. The molecule has 1 saturated heterocycles. The molecular weight excluding hydrogens is 378 g/mol. The Balaban J connectivity index is 1.47. The van der Waals surface area contributed by atoms with Gasteiger partial charge in [-0.3, -0.25) is 19.7 Å². The number of carbonyl (C=O) groups excluding carboxylic acids is 2. The highest BCUT2D eigenvalue weighted by molar-refractivity contribution is 5.95. The van der Waals surface area contributed by atoms with Crippen LogP contribution in [0, 0.1) is 10.1 Å². The number of nitro benzene ring substituents is 1. The molecule has 0 radical (unpaired) electrons. The predicted molar refractivity (Wildman–Crippen MR) is 104 cm³/mol. The summed E-state index contributed by atoms with van der Waals surface area (Å²) in [4.78, 5) is 38.5. The fourth-order valence-electron chi connectivity index (χ4n) is 3.08. The molecular formula is C20H21N3O6. The van der Waals surface area contributed by atoms with E-state index in [1.165, 1.54) is 30.3 Å². The topological polar surface area (TPSA) is 113 Å². The van der Waals surface area contributed by atoms with E-state index in [0.717, 1.165) is 0 Å². The highest BCUT2D eigenvalue weighted by atomic mass is 16.6. The second kappa shape index (κ2) is 9.05. The van der Waals surface area contributed by atoms with Gasteiger partial charge < -0.3 is 19.6 Å². The highest BCUT2D eigenvalue weighted by Crippen LogP contribution is 2.18. The lowest BCUT2D eigenvalue weighted by Crippen LogP contribution is -2.50. The van der Waals surface area contributed by atoms with Crippen molar-refractivity contribution in [3.63, 3.8) is 0 Å². The maximum Gasteiger partial charge on any atom is 0.270 e. The van der Waals surface area contributed by atoms with Crippen molar-refractivity contribution >= 4 is 17.5 Å². The molecule has 152 valence electrons. The monoisotopic (exact) mass is 399 g/mol. The maximum atomic E-state index is 12.6. The normalized spacial score (nSPS) is 13.8. The molecule has 0 bridgehead atoms. The van der Waals surface area contributed by atoms with Gasteiger partial charge in [0.05, 0.1) is 18.0 Å².